The van der Waals surface area contributed by atoms with Crippen LogP contribution in [0, 0.1) is 0 Å². The number of nitrogens with zero attached hydrogens (tertiary/aromatic N) is 3. The summed E-state index contributed by atoms with van der Waals surface area (Å²) in [6.45, 7) is 4.19. The van der Waals surface area contributed by atoms with E-state index in [2.05, 4.69) is 30.9 Å². The number of hydrogen-bond acceptors (Lipinski definition) is 4. The average molecular weight is 440 g/mol. The summed E-state index contributed by atoms with van der Waals surface area (Å²) in [7, 11) is 5.86. The summed E-state index contributed by atoms with van der Waals surface area (Å²) in [6, 6.07) is 12.2. The smallest absolute Gasteiger partial charge is 0.231 e. The van der Waals surface area contributed by atoms with E-state index in [1.165, 1.54) is 0 Å². The van der Waals surface area contributed by atoms with Crippen molar-refractivity contribution < 1.29 is 9.59 Å². The van der Waals surface area contributed by atoms with Crippen LogP contribution >= 0.6 is 11.8 Å². The number of carbonyl (C=O) groups excluding carboxylic acids is 2. The molecule has 0 unspecified atom stereocenters. The fourth-order valence-corrected chi connectivity index (χ4v) is 4.75. The van der Waals surface area contributed by atoms with Gasteiger partial charge in [-0.3, -0.25) is 14.5 Å². The standard InChI is InChI=1S/C25H33N3O2S/c1-6-8-10-24(29)27(5)19-13-15-21-23(17-19)31-22-16-18(26(3)4)12-14-20(22)28(21)25(30)11-9-7-2/h12-17H,6-11H2,1-5H3. The minimum Gasteiger partial charge on any atom is -0.378 e. The van der Waals surface area contributed by atoms with Gasteiger partial charge in [0, 0.05) is 55.2 Å². The molecule has 0 aromatic heterocycles. The van der Waals surface area contributed by atoms with Crippen LogP contribution in [0.5, 0.6) is 0 Å². The molecule has 31 heavy (non-hydrogen) atoms. The number of amides is 2. The van der Waals surface area contributed by atoms with E-state index in [1.54, 1.807) is 16.7 Å². The lowest BCUT2D eigenvalue weighted by molar-refractivity contribution is -0.119. The Morgan fingerprint density at radius 2 is 1.39 bits per heavy atom. The van der Waals surface area contributed by atoms with Gasteiger partial charge in [0.15, 0.2) is 0 Å². The summed E-state index contributed by atoms with van der Waals surface area (Å²) in [5.41, 5.74) is 3.79. The topological polar surface area (TPSA) is 43.9 Å². The van der Waals surface area contributed by atoms with Gasteiger partial charge in [-0.1, -0.05) is 38.5 Å². The summed E-state index contributed by atoms with van der Waals surface area (Å²) in [5.74, 6) is 0.233. The van der Waals surface area contributed by atoms with Crippen LogP contribution in [-0.4, -0.2) is 33.0 Å². The highest BCUT2D eigenvalue weighted by molar-refractivity contribution is 7.99. The zero-order valence-electron chi connectivity index (χ0n) is 19.3. The molecular formula is C25H33N3O2S. The SMILES string of the molecule is CCCCC(=O)N(C)c1ccc2c(c1)Sc1cc(N(C)C)ccc1N2C(=O)CCCC. The number of anilines is 4. The zero-order chi connectivity index (χ0) is 22.5. The molecule has 2 aromatic carbocycles. The minimum absolute atomic E-state index is 0.113. The Morgan fingerprint density at radius 1 is 0.839 bits per heavy atom. The Morgan fingerprint density at radius 3 is 1.97 bits per heavy atom. The van der Waals surface area contributed by atoms with Crippen molar-refractivity contribution in [2.75, 3.05) is 35.8 Å². The van der Waals surface area contributed by atoms with Gasteiger partial charge in [-0.15, -0.1) is 0 Å². The van der Waals surface area contributed by atoms with Gasteiger partial charge < -0.3 is 9.80 Å². The van der Waals surface area contributed by atoms with Crippen molar-refractivity contribution in [1.82, 2.24) is 0 Å². The van der Waals surface area contributed by atoms with Gasteiger partial charge in [0.25, 0.3) is 0 Å². The molecule has 0 radical (unpaired) electrons. The summed E-state index contributed by atoms with van der Waals surface area (Å²) >= 11 is 1.66. The zero-order valence-corrected chi connectivity index (χ0v) is 20.1. The Balaban J connectivity index is 2.01. The van der Waals surface area contributed by atoms with E-state index in [1.807, 2.05) is 50.3 Å². The normalized spacial score (nSPS) is 12.2. The van der Waals surface area contributed by atoms with E-state index in [0.29, 0.717) is 12.8 Å². The first-order chi connectivity index (χ1) is 14.9. The molecule has 1 heterocycles. The van der Waals surface area contributed by atoms with E-state index in [4.69, 9.17) is 0 Å². The summed E-state index contributed by atoms with van der Waals surface area (Å²) in [5, 5.41) is 0. The number of hydrogen-bond donors (Lipinski definition) is 0. The number of unbranched alkanes of at least 4 members (excludes halogenated alkanes) is 2. The van der Waals surface area contributed by atoms with Crippen LogP contribution in [0.15, 0.2) is 46.2 Å². The molecule has 5 nitrogen and oxygen atoms in total. The predicted molar refractivity (Wildman–Crippen MR) is 131 cm³/mol. The molecule has 0 N–H and O–H groups in total. The Kier molecular flexibility index (Phi) is 7.65. The maximum atomic E-state index is 13.2. The second-order valence-corrected chi connectivity index (χ2v) is 9.27. The van der Waals surface area contributed by atoms with Crippen LogP contribution in [0.4, 0.5) is 22.7 Å². The van der Waals surface area contributed by atoms with Gasteiger partial charge in [0.05, 0.1) is 11.4 Å². The summed E-state index contributed by atoms with van der Waals surface area (Å²) < 4.78 is 0. The van der Waals surface area contributed by atoms with Crippen LogP contribution in [0.25, 0.3) is 0 Å². The Bertz CT molecular complexity index is 958. The highest BCUT2D eigenvalue weighted by atomic mass is 32.2. The van der Waals surface area contributed by atoms with Gasteiger partial charge in [-0.25, -0.2) is 0 Å². The maximum Gasteiger partial charge on any atom is 0.231 e. The van der Waals surface area contributed by atoms with Crippen LogP contribution in [0.3, 0.4) is 0 Å². The van der Waals surface area contributed by atoms with Crippen LogP contribution in [-0.2, 0) is 9.59 Å². The molecule has 0 saturated carbocycles. The molecule has 0 atom stereocenters. The van der Waals surface area contributed by atoms with Crippen molar-refractivity contribution in [1.29, 1.82) is 0 Å². The quantitative estimate of drug-likeness (QED) is 0.489. The lowest BCUT2D eigenvalue weighted by Crippen LogP contribution is -2.29. The van der Waals surface area contributed by atoms with Crippen molar-refractivity contribution in [3.05, 3.63) is 36.4 Å². The number of fused-ring (bicyclic) bond motifs is 2. The first-order valence-corrected chi connectivity index (χ1v) is 11.9. The maximum absolute atomic E-state index is 13.2. The van der Waals surface area contributed by atoms with Crippen molar-refractivity contribution in [3.63, 3.8) is 0 Å². The third kappa shape index (κ3) is 5.06. The molecule has 0 bridgehead atoms. The summed E-state index contributed by atoms with van der Waals surface area (Å²) in [4.78, 5) is 33.4. The van der Waals surface area contributed by atoms with Gasteiger partial charge >= 0.3 is 0 Å². The molecule has 1 aliphatic rings. The van der Waals surface area contributed by atoms with E-state index in [0.717, 1.165) is 58.2 Å². The molecule has 0 saturated heterocycles. The van der Waals surface area contributed by atoms with Crippen molar-refractivity contribution in [2.24, 2.45) is 0 Å². The van der Waals surface area contributed by atoms with E-state index in [9.17, 15) is 9.59 Å². The molecule has 0 fully saturated rings. The second-order valence-electron chi connectivity index (χ2n) is 8.19. The van der Waals surface area contributed by atoms with Crippen molar-refractivity contribution in [3.8, 4) is 0 Å². The highest BCUT2D eigenvalue weighted by Crippen LogP contribution is 2.50. The molecule has 6 heteroatoms. The highest BCUT2D eigenvalue weighted by Gasteiger charge is 2.29. The summed E-state index contributed by atoms with van der Waals surface area (Å²) in [6.07, 6.45) is 4.82. The van der Waals surface area contributed by atoms with E-state index >= 15 is 0 Å². The van der Waals surface area contributed by atoms with Crippen LogP contribution in [0.1, 0.15) is 52.4 Å². The minimum atomic E-state index is 0.113. The number of rotatable bonds is 8. The molecule has 3 rings (SSSR count). The number of benzene rings is 2. The first kappa shape index (κ1) is 23.2. The molecule has 1 aliphatic heterocycles. The Hall–Kier alpha value is -2.47. The molecule has 2 aromatic rings. The van der Waals surface area contributed by atoms with Crippen molar-refractivity contribution >= 4 is 46.3 Å². The van der Waals surface area contributed by atoms with Crippen LogP contribution < -0.4 is 14.7 Å². The molecule has 0 spiro atoms. The lowest BCUT2D eigenvalue weighted by atomic mass is 10.1. The third-order valence-electron chi connectivity index (χ3n) is 5.60. The third-order valence-corrected chi connectivity index (χ3v) is 6.70. The fraction of sp³-hybridized carbons (Fsp3) is 0.440. The monoisotopic (exact) mass is 439 g/mol. The van der Waals surface area contributed by atoms with Gasteiger partial charge in [0.2, 0.25) is 11.8 Å². The van der Waals surface area contributed by atoms with E-state index in [-0.39, 0.29) is 11.8 Å². The van der Waals surface area contributed by atoms with Crippen LogP contribution in [0.2, 0.25) is 0 Å². The average Bonchev–Trinajstić information content (AvgIpc) is 2.77. The predicted octanol–water partition coefficient (Wildman–Crippen LogP) is 6.23. The molecule has 166 valence electrons. The lowest BCUT2D eigenvalue weighted by Gasteiger charge is -2.33. The van der Waals surface area contributed by atoms with Gasteiger partial charge in [0.1, 0.15) is 0 Å². The number of carbonyl (C=O) groups is 2. The van der Waals surface area contributed by atoms with Gasteiger partial charge in [-0.2, -0.15) is 0 Å². The fourth-order valence-electron chi connectivity index (χ4n) is 3.62. The first-order valence-electron chi connectivity index (χ1n) is 11.1. The molecule has 2 amide bonds. The second kappa shape index (κ2) is 10.2. The molecular weight excluding hydrogens is 406 g/mol. The Labute approximate surface area is 190 Å². The van der Waals surface area contributed by atoms with E-state index < -0.39 is 0 Å². The molecule has 0 aliphatic carbocycles. The van der Waals surface area contributed by atoms with Gasteiger partial charge in [-0.05, 0) is 49.2 Å². The largest absolute Gasteiger partial charge is 0.378 e. The van der Waals surface area contributed by atoms with Crippen molar-refractivity contribution in [2.45, 2.75) is 62.2 Å².